The smallest absolute Gasteiger partial charge is 0.263 e. The molecule has 0 bridgehead atoms. The summed E-state index contributed by atoms with van der Waals surface area (Å²) in [5.74, 6) is -0.504. The fourth-order valence-electron chi connectivity index (χ4n) is 1.32. The Morgan fingerprint density at radius 1 is 1.29 bits per heavy atom. The molecular formula is C12H9ClFNOS. The van der Waals surface area contributed by atoms with Gasteiger partial charge in [0.25, 0.3) is 5.91 Å². The summed E-state index contributed by atoms with van der Waals surface area (Å²) in [4.78, 5) is 12.2. The van der Waals surface area contributed by atoms with Crippen LogP contribution in [-0.2, 0) is 6.54 Å². The van der Waals surface area contributed by atoms with E-state index in [-0.39, 0.29) is 11.7 Å². The van der Waals surface area contributed by atoms with E-state index in [4.69, 9.17) is 11.6 Å². The van der Waals surface area contributed by atoms with Crippen molar-refractivity contribution in [3.63, 3.8) is 0 Å². The first kappa shape index (κ1) is 12.1. The van der Waals surface area contributed by atoms with Crippen molar-refractivity contribution in [1.82, 2.24) is 5.32 Å². The van der Waals surface area contributed by atoms with Gasteiger partial charge in [-0.3, -0.25) is 4.79 Å². The highest BCUT2D eigenvalue weighted by atomic mass is 35.5. The van der Waals surface area contributed by atoms with Gasteiger partial charge in [0.1, 0.15) is 10.7 Å². The van der Waals surface area contributed by atoms with E-state index in [1.54, 1.807) is 23.6 Å². The summed E-state index contributed by atoms with van der Waals surface area (Å²) in [5, 5.41) is 4.94. The second kappa shape index (κ2) is 5.29. The molecular weight excluding hydrogens is 261 g/mol. The molecule has 88 valence electrons. The van der Waals surface area contributed by atoms with Crippen LogP contribution in [0.5, 0.6) is 0 Å². The van der Waals surface area contributed by atoms with Crippen molar-refractivity contribution in [1.29, 1.82) is 0 Å². The fourth-order valence-corrected chi connectivity index (χ4v) is 2.38. The monoisotopic (exact) mass is 269 g/mol. The Kier molecular flexibility index (Phi) is 3.76. The molecule has 0 saturated heterocycles. The van der Waals surface area contributed by atoms with E-state index in [0.29, 0.717) is 16.4 Å². The molecule has 1 aromatic heterocycles. The minimum absolute atomic E-state index is 0.214. The van der Waals surface area contributed by atoms with Gasteiger partial charge < -0.3 is 5.32 Å². The first-order chi connectivity index (χ1) is 8.16. The topological polar surface area (TPSA) is 29.1 Å². The largest absolute Gasteiger partial charge is 0.347 e. The lowest BCUT2D eigenvalue weighted by Gasteiger charge is -2.04. The Morgan fingerprint density at radius 2 is 2.00 bits per heavy atom. The number of carbonyl (C=O) groups is 1. The Balaban J connectivity index is 1.97. The molecule has 0 unspecified atom stereocenters. The van der Waals surface area contributed by atoms with Gasteiger partial charge in [0, 0.05) is 6.54 Å². The Labute approximate surface area is 107 Å². The van der Waals surface area contributed by atoms with Crippen LogP contribution in [0.3, 0.4) is 0 Å². The molecule has 1 aromatic carbocycles. The van der Waals surface area contributed by atoms with Crippen molar-refractivity contribution < 1.29 is 9.18 Å². The molecule has 0 aliphatic heterocycles. The normalized spacial score (nSPS) is 10.2. The van der Waals surface area contributed by atoms with Crippen LogP contribution in [0.25, 0.3) is 0 Å². The number of nitrogens with one attached hydrogen (secondary N) is 1. The Hall–Kier alpha value is -1.39. The van der Waals surface area contributed by atoms with Gasteiger partial charge in [-0.25, -0.2) is 4.39 Å². The lowest BCUT2D eigenvalue weighted by molar-refractivity contribution is 0.0955. The van der Waals surface area contributed by atoms with Crippen molar-refractivity contribution >= 4 is 28.8 Å². The molecule has 2 aromatic rings. The van der Waals surface area contributed by atoms with Crippen LogP contribution in [0.4, 0.5) is 4.39 Å². The molecule has 1 N–H and O–H groups in total. The summed E-state index contributed by atoms with van der Waals surface area (Å²) < 4.78 is 12.7. The summed E-state index contributed by atoms with van der Waals surface area (Å²) in [6.07, 6.45) is 0. The molecule has 0 saturated carbocycles. The van der Waals surface area contributed by atoms with Gasteiger partial charge in [-0.05, 0) is 29.1 Å². The zero-order valence-electron chi connectivity index (χ0n) is 8.74. The fraction of sp³-hybridized carbons (Fsp3) is 0.0833. The Bertz CT molecular complexity index is 524. The second-order valence-electron chi connectivity index (χ2n) is 3.41. The van der Waals surface area contributed by atoms with Gasteiger partial charge in [0.2, 0.25) is 0 Å². The van der Waals surface area contributed by atoms with Crippen LogP contribution < -0.4 is 5.32 Å². The van der Waals surface area contributed by atoms with Crippen molar-refractivity contribution in [2.24, 2.45) is 0 Å². The predicted molar refractivity (Wildman–Crippen MR) is 66.9 cm³/mol. The molecule has 0 fully saturated rings. The number of carbonyl (C=O) groups excluding carboxylic acids is 1. The van der Waals surface area contributed by atoms with Crippen LogP contribution in [0.15, 0.2) is 35.7 Å². The van der Waals surface area contributed by atoms with E-state index >= 15 is 0 Å². The molecule has 0 spiro atoms. The highest BCUT2D eigenvalue weighted by Crippen LogP contribution is 2.21. The SMILES string of the molecule is O=C(NCc1ccc(F)cc1)c1sccc1Cl. The number of benzene rings is 1. The third-order valence-corrected chi connectivity index (χ3v) is 3.53. The van der Waals surface area contributed by atoms with Gasteiger partial charge in [-0.2, -0.15) is 0 Å². The molecule has 1 heterocycles. The molecule has 2 rings (SSSR count). The van der Waals surface area contributed by atoms with Crippen LogP contribution in [0.2, 0.25) is 5.02 Å². The van der Waals surface area contributed by atoms with Crippen molar-refractivity contribution in [2.45, 2.75) is 6.54 Å². The third-order valence-electron chi connectivity index (χ3n) is 2.19. The lowest BCUT2D eigenvalue weighted by Crippen LogP contribution is -2.22. The summed E-state index contributed by atoms with van der Waals surface area (Å²) in [5.41, 5.74) is 0.840. The van der Waals surface area contributed by atoms with Crippen LogP contribution in [0, 0.1) is 5.82 Å². The van der Waals surface area contributed by atoms with Crippen LogP contribution in [-0.4, -0.2) is 5.91 Å². The number of thiophene rings is 1. The van der Waals surface area contributed by atoms with Gasteiger partial charge in [-0.15, -0.1) is 11.3 Å². The van der Waals surface area contributed by atoms with Crippen molar-refractivity contribution in [2.75, 3.05) is 0 Å². The minimum Gasteiger partial charge on any atom is -0.347 e. The summed E-state index contributed by atoms with van der Waals surface area (Å²) in [6, 6.07) is 7.66. The van der Waals surface area contributed by atoms with Crippen LogP contribution in [0.1, 0.15) is 15.2 Å². The summed E-state index contributed by atoms with van der Waals surface area (Å²) in [7, 11) is 0. The first-order valence-electron chi connectivity index (χ1n) is 4.92. The summed E-state index contributed by atoms with van der Waals surface area (Å²) in [6.45, 7) is 0.355. The average molecular weight is 270 g/mol. The average Bonchev–Trinajstić information content (AvgIpc) is 2.74. The number of hydrogen-bond acceptors (Lipinski definition) is 2. The standard InChI is InChI=1S/C12H9ClFNOS/c13-10-5-6-17-11(10)12(16)15-7-8-1-3-9(14)4-2-8/h1-6H,7H2,(H,15,16). The summed E-state index contributed by atoms with van der Waals surface area (Å²) >= 11 is 7.13. The van der Waals surface area contributed by atoms with Crippen LogP contribution >= 0.6 is 22.9 Å². The highest BCUT2D eigenvalue weighted by molar-refractivity contribution is 7.12. The van der Waals surface area contributed by atoms with Gasteiger partial charge in [0.15, 0.2) is 0 Å². The molecule has 2 nitrogen and oxygen atoms in total. The van der Waals surface area contributed by atoms with Gasteiger partial charge in [-0.1, -0.05) is 23.7 Å². The van der Waals surface area contributed by atoms with E-state index in [1.165, 1.54) is 23.5 Å². The quantitative estimate of drug-likeness (QED) is 0.908. The number of hydrogen-bond donors (Lipinski definition) is 1. The van der Waals surface area contributed by atoms with E-state index in [2.05, 4.69) is 5.32 Å². The zero-order chi connectivity index (χ0) is 12.3. The van der Waals surface area contributed by atoms with Gasteiger partial charge >= 0.3 is 0 Å². The molecule has 17 heavy (non-hydrogen) atoms. The minimum atomic E-state index is -0.290. The number of halogens is 2. The van der Waals surface area contributed by atoms with E-state index in [1.807, 2.05) is 0 Å². The maximum Gasteiger partial charge on any atom is 0.263 e. The number of rotatable bonds is 3. The molecule has 0 radical (unpaired) electrons. The molecule has 5 heteroatoms. The van der Waals surface area contributed by atoms with E-state index in [9.17, 15) is 9.18 Å². The first-order valence-corrected chi connectivity index (χ1v) is 6.18. The molecule has 1 amide bonds. The zero-order valence-corrected chi connectivity index (χ0v) is 10.3. The van der Waals surface area contributed by atoms with E-state index < -0.39 is 0 Å². The van der Waals surface area contributed by atoms with Gasteiger partial charge in [0.05, 0.1) is 5.02 Å². The predicted octanol–water partition coefficient (Wildman–Crippen LogP) is 3.47. The van der Waals surface area contributed by atoms with Crippen molar-refractivity contribution in [3.8, 4) is 0 Å². The molecule has 0 atom stereocenters. The third kappa shape index (κ3) is 3.05. The highest BCUT2D eigenvalue weighted by Gasteiger charge is 2.10. The Morgan fingerprint density at radius 3 is 2.59 bits per heavy atom. The second-order valence-corrected chi connectivity index (χ2v) is 4.73. The van der Waals surface area contributed by atoms with Crippen molar-refractivity contribution in [3.05, 3.63) is 57.0 Å². The van der Waals surface area contributed by atoms with E-state index in [0.717, 1.165) is 5.56 Å². The maximum absolute atomic E-state index is 12.7. The molecule has 0 aliphatic rings. The molecule has 0 aliphatic carbocycles. The lowest BCUT2D eigenvalue weighted by atomic mass is 10.2. The number of amides is 1. The maximum atomic E-state index is 12.7.